The van der Waals surface area contributed by atoms with Crippen molar-refractivity contribution in [3.63, 3.8) is 0 Å². The first-order valence-electron chi connectivity index (χ1n) is 8.36. The molecule has 7 heteroatoms. The number of carboxylic acids is 1. The standard InChI is InChI=1S/C18H23NO5S/c1-4-11-10(3)25-16(14(11)18(23)24-5-2)19-15(20)12-8-6-7-9-13(12)17(21)22/h6-7,12-13H,4-5,8-9H2,1-3H3,(H,19,20)(H,21,22)/p-1/t12-,13+/m0/s1. The van der Waals surface area contributed by atoms with Crippen LogP contribution in [0.15, 0.2) is 12.2 Å². The number of carbonyl (C=O) groups is 3. The van der Waals surface area contributed by atoms with Crippen LogP contribution in [0.5, 0.6) is 0 Å². The Morgan fingerprint density at radius 3 is 2.44 bits per heavy atom. The molecule has 1 aromatic rings. The maximum atomic E-state index is 12.6. The number of thiophene rings is 1. The fourth-order valence-corrected chi connectivity index (χ4v) is 4.22. The molecule has 1 N–H and O–H groups in total. The smallest absolute Gasteiger partial charge is 0.341 e. The highest BCUT2D eigenvalue weighted by Crippen LogP contribution is 2.35. The second kappa shape index (κ2) is 8.29. The SMILES string of the molecule is CCOC(=O)c1c(NC(=O)[C@H]2CC=CC[C@H]2C(=O)[O-])sc(C)c1CC. The minimum Gasteiger partial charge on any atom is -0.550 e. The minimum absolute atomic E-state index is 0.241. The number of esters is 1. The lowest BCUT2D eigenvalue weighted by Gasteiger charge is -2.28. The molecule has 0 saturated carbocycles. The molecule has 0 unspecified atom stereocenters. The maximum absolute atomic E-state index is 12.6. The third-order valence-corrected chi connectivity index (χ3v) is 5.41. The fraction of sp³-hybridized carbons (Fsp3) is 0.500. The number of carbonyl (C=O) groups excluding carboxylic acids is 3. The number of nitrogens with one attached hydrogen (secondary N) is 1. The molecular formula is C18H22NO5S-. The van der Waals surface area contributed by atoms with Crippen LogP contribution in [0, 0.1) is 18.8 Å². The molecule has 0 saturated heterocycles. The Hall–Kier alpha value is -2.15. The predicted octanol–water partition coefficient (Wildman–Crippen LogP) is 2.07. The highest BCUT2D eigenvalue weighted by Gasteiger charge is 2.32. The van der Waals surface area contributed by atoms with E-state index in [2.05, 4.69) is 5.32 Å². The molecular weight excluding hydrogens is 342 g/mol. The van der Waals surface area contributed by atoms with E-state index >= 15 is 0 Å². The summed E-state index contributed by atoms with van der Waals surface area (Å²) in [6, 6.07) is 0. The van der Waals surface area contributed by atoms with Crippen molar-refractivity contribution >= 4 is 34.2 Å². The van der Waals surface area contributed by atoms with Gasteiger partial charge in [-0.3, -0.25) is 4.79 Å². The number of anilines is 1. The van der Waals surface area contributed by atoms with Crippen LogP contribution in [-0.2, 0) is 20.7 Å². The summed E-state index contributed by atoms with van der Waals surface area (Å²) in [7, 11) is 0. The zero-order valence-corrected chi connectivity index (χ0v) is 15.4. The molecule has 1 aromatic heterocycles. The first kappa shape index (κ1) is 19.2. The molecule has 2 atom stereocenters. The van der Waals surface area contributed by atoms with Crippen molar-refractivity contribution in [2.45, 2.75) is 40.0 Å². The lowest BCUT2D eigenvalue weighted by molar-refractivity contribution is -0.313. The van der Waals surface area contributed by atoms with Gasteiger partial charge in [-0.05, 0) is 38.7 Å². The number of aliphatic carboxylic acids is 1. The van der Waals surface area contributed by atoms with Gasteiger partial charge < -0.3 is 20.0 Å². The van der Waals surface area contributed by atoms with Crippen LogP contribution in [0.1, 0.15) is 47.5 Å². The minimum atomic E-state index is -1.23. The summed E-state index contributed by atoms with van der Waals surface area (Å²) in [6.07, 6.45) is 4.80. The summed E-state index contributed by atoms with van der Waals surface area (Å²) < 4.78 is 5.11. The van der Waals surface area contributed by atoms with E-state index in [1.165, 1.54) is 11.3 Å². The molecule has 0 spiro atoms. The van der Waals surface area contributed by atoms with E-state index in [1.54, 1.807) is 19.1 Å². The lowest BCUT2D eigenvalue weighted by atomic mass is 9.82. The van der Waals surface area contributed by atoms with Gasteiger partial charge in [-0.2, -0.15) is 0 Å². The Morgan fingerprint density at radius 2 is 1.88 bits per heavy atom. The Labute approximate surface area is 150 Å². The highest BCUT2D eigenvalue weighted by atomic mass is 32.1. The summed E-state index contributed by atoms with van der Waals surface area (Å²) in [5, 5.41) is 14.5. The molecule has 1 amide bonds. The number of ether oxygens (including phenoxy) is 1. The molecule has 0 fully saturated rings. The van der Waals surface area contributed by atoms with Gasteiger partial charge >= 0.3 is 5.97 Å². The molecule has 0 aliphatic heterocycles. The maximum Gasteiger partial charge on any atom is 0.341 e. The van der Waals surface area contributed by atoms with Gasteiger partial charge in [-0.25, -0.2) is 4.79 Å². The van der Waals surface area contributed by atoms with Crippen LogP contribution in [0.3, 0.4) is 0 Å². The lowest BCUT2D eigenvalue weighted by Crippen LogP contribution is -2.41. The number of carboxylic acid groups (broad SMARTS) is 1. The molecule has 25 heavy (non-hydrogen) atoms. The average molecular weight is 364 g/mol. The van der Waals surface area contributed by atoms with Gasteiger partial charge in [0.15, 0.2) is 0 Å². The van der Waals surface area contributed by atoms with Gasteiger partial charge in [-0.1, -0.05) is 19.1 Å². The number of aryl methyl sites for hydroxylation is 1. The van der Waals surface area contributed by atoms with Crippen LogP contribution >= 0.6 is 11.3 Å². The first-order chi connectivity index (χ1) is 11.9. The van der Waals surface area contributed by atoms with Crippen LogP contribution in [0.4, 0.5) is 5.00 Å². The molecule has 6 nitrogen and oxygen atoms in total. The van der Waals surface area contributed by atoms with E-state index in [-0.39, 0.29) is 13.0 Å². The number of hydrogen-bond acceptors (Lipinski definition) is 6. The molecule has 0 aromatic carbocycles. The van der Waals surface area contributed by atoms with E-state index in [4.69, 9.17) is 4.74 Å². The van der Waals surface area contributed by atoms with Gasteiger partial charge in [0, 0.05) is 16.8 Å². The van der Waals surface area contributed by atoms with Gasteiger partial charge in [0.1, 0.15) is 5.00 Å². The largest absolute Gasteiger partial charge is 0.550 e. The first-order valence-corrected chi connectivity index (χ1v) is 9.18. The summed E-state index contributed by atoms with van der Waals surface area (Å²) in [6.45, 7) is 5.78. The Kier molecular flexibility index (Phi) is 6.36. The van der Waals surface area contributed by atoms with Crippen molar-refractivity contribution in [2.75, 3.05) is 11.9 Å². The van der Waals surface area contributed by atoms with Gasteiger partial charge in [0.2, 0.25) is 5.91 Å². The molecule has 1 aliphatic rings. The number of rotatable bonds is 6. The predicted molar refractivity (Wildman–Crippen MR) is 93.4 cm³/mol. The third kappa shape index (κ3) is 4.10. The van der Waals surface area contributed by atoms with Crippen LogP contribution in [0.2, 0.25) is 0 Å². The van der Waals surface area contributed by atoms with Gasteiger partial charge in [0.25, 0.3) is 0 Å². The van der Waals surface area contributed by atoms with Gasteiger partial charge in [-0.15, -0.1) is 11.3 Å². The van der Waals surface area contributed by atoms with Crippen molar-refractivity contribution in [3.8, 4) is 0 Å². The van der Waals surface area contributed by atoms with Crippen LogP contribution < -0.4 is 10.4 Å². The summed E-state index contributed by atoms with van der Waals surface area (Å²) in [5.41, 5.74) is 1.22. The van der Waals surface area contributed by atoms with Crippen LogP contribution in [0.25, 0.3) is 0 Å². The zero-order chi connectivity index (χ0) is 18.6. The summed E-state index contributed by atoms with van der Waals surface area (Å²) in [5.74, 6) is -3.68. The summed E-state index contributed by atoms with van der Waals surface area (Å²) >= 11 is 1.31. The second-order valence-corrected chi connectivity index (χ2v) is 7.10. The Bertz CT molecular complexity index is 707. The number of amides is 1. The molecule has 1 heterocycles. The van der Waals surface area contributed by atoms with E-state index in [1.807, 2.05) is 13.8 Å². The van der Waals surface area contributed by atoms with Crippen molar-refractivity contribution in [1.29, 1.82) is 0 Å². The zero-order valence-electron chi connectivity index (χ0n) is 14.6. The summed E-state index contributed by atoms with van der Waals surface area (Å²) in [4.78, 5) is 37.2. The monoisotopic (exact) mass is 364 g/mol. The van der Waals surface area contributed by atoms with E-state index in [9.17, 15) is 19.5 Å². The topological polar surface area (TPSA) is 95.5 Å². The Morgan fingerprint density at radius 1 is 1.24 bits per heavy atom. The molecule has 136 valence electrons. The molecule has 2 rings (SSSR count). The normalized spacial score (nSPS) is 19.5. The molecule has 0 bridgehead atoms. The van der Waals surface area contributed by atoms with Crippen molar-refractivity contribution in [3.05, 3.63) is 28.2 Å². The van der Waals surface area contributed by atoms with Crippen molar-refractivity contribution in [2.24, 2.45) is 11.8 Å². The quantitative estimate of drug-likeness (QED) is 0.616. The highest BCUT2D eigenvalue weighted by molar-refractivity contribution is 7.16. The number of hydrogen-bond donors (Lipinski definition) is 1. The van der Waals surface area contributed by atoms with E-state index in [0.29, 0.717) is 23.4 Å². The van der Waals surface area contributed by atoms with Gasteiger partial charge in [0.05, 0.1) is 18.1 Å². The van der Waals surface area contributed by atoms with Crippen molar-refractivity contribution < 1.29 is 24.2 Å². The third-order valence-electron chi connectivity index (χ3n) is 4.35. The fourth-order valence-electron chi connectivity index (χ4n) is 3.08. The van der Waals surface area contributed by atoms with Crippen molar-refractivity contribution in [1.82, 2.24) is 0 Å². The number of allylic oxidation sites excluding steroid dienone is 2. The van der Waals surface area contributed by atoms with E-state index in [0.717, 1.165) is 10.4 Å². The van der Waals surface area contributed by atoms with Crippen LogP contribution in [-0.4, -0.2) is 24.5 Å². The Balaban J connectivity index is 2.30. The second-order valence-electron chi connectivity index (χ2n) is 5.88. The molecule has 1 aliphatic carbocycles. The molecule has 0 radical (unpaired) electrons. The average Bonchev–Trinajstić information content (AvgIpc) is 2.90. The van der Waals surface area contributed by atoms with E-state index < -0.39 is 29.7 Å².